The van der Waals surface area contributed by atoms with Crippen molar-refractivity contribution in [3.63, 3.8) is 0 Å². The van der Waals surface area contributed by atoms with Crippen molar-refractivity contribution in [2.75, 3.05) is 50.3 Å². The van der Waals surface area contributed by atoms with Gasteiger partial charge in [-0.3, -0.25) is 0 Å². The van der Waals surface area contributed by atoms with E-state index < -0.39 is 11.7 Å². The normalized spacial score (nSPS) is 11.9. The molecule has 0 radical (unpaired) electrons. The molecular formula is C18H20F3N5O2S2. The van der Waals surface area contributed by atoms with Gasteiger partial charge in [-0.1, -0.05) is 0 Å². The van der Waals surface area contributed by atoms with Crippen molar-refractivity contribution in [1.82, 2.24) is 15.0 Å². The van der Waals surface area contributed by atoms with Crippen LogP contribution in [-0.4, -0.2) is 59.7 Å². The smallest absolute Gasteiger partial charge is 0.397 e. The maximum Gasteiger partial charge on any atom is 0.417 e. The first-order valence-corrected chi connectivity index (χ1v) is 10.6. The number of aliphatic hydroxyl groups excluding tert-OH is 1. The molecule has 0 aliphatic heterocycles. The molecule has 3 aromatic rings. The molecule has 0 aliphatic rings. The maximum absolute atomic E-state index is 13.8. The van der Waals surface area contributed by atoms with Crippen LogP contribution in [0.3, 0.4) is 0 Å². The SMILES string of the molecule is COCCSc1sc2nc(-c3cnc(N(C)CCO)nc3)cc(C(F)(F)F)c2c1N. The summed E-state index contributed by atoms with van der Waals surface area (Å²) in [6.07, 6.45) is -1.77. The zero-order chi connectivity index (χ0) is 21.9. The summed E-state index contributed by atoms with van der Waals surface area (Å²) in [6.45, 7) is 0.719. The van der Waals surface area contributed by atoms with Crippen molar-refractivity contribution in [1.29, 1.82) is 0 Å². The minimum absolute atomic E-state index is 0.0701. The standard InChI is InChI=1S/C18H20F3N5O2S2/c1-26(3-4-27)17-23-8-10(9-24-17)12-7-11(18(19,20)21)13-14(22)16(29-6-5-28-2)30-15(13)25-12/h7-9,27H,3-6,22H2,1-2H3. The third kappa shape index (κ3) is 4.77. The van der Waals surface area contributed by atoms with Crippen LogP contribution >= 0.6 is 23.1 Å². The van der Waals surface area contributed by atoms with Gasteiger partial charge in [0.15, 0.2) is 0 Å². The molecule has 0 spiro atoms. The Kier molecular flexibility index (Phi) is 7.01. The number of alkyl halides is 3. The van der Waals surface area contributed by atoms with Gasteiger partial charge in [-0.15, -0.1) is 23.1 Å². The Hall–Kier alpha value is -2.15. The quantitative estimate of drug-likeness (QED) is 0.390. The first kappa shape index (κ1) is 22.5. The van der Waals surface area contributed by atoms with Crippen LogP contribution < -0.4 is 10.6 Å². The average Bonchev–Trinajstić information content (AvgIpc) is 3.03. The van der Waals surface area contributed by atoms with Gasteiger partial charge in [0.25, 0.3) is 0 Å². The van der Waals surface area contributed by atoms with Crippen molar-refractivity contribution >= 4 is 45.0 Å². The molecule has 3 aromatic heterocycles. The lowest BCUT2D eigenvalue weighted by atomic mass is 10.1. The summed E-state index contributed by atoms with van der Waals surface area (Å²) in [5.41, 5.74) is 5.76. The van der Waals surface area contributed by atoms with Crippen LogP contribution in [0.5, 0.6) is 0 Å². The van der Waals surface area contributed by atoms with E-state index in [-0.39, 0.29) is 28.2 Å². The van der Waals surface area contributed by atoms with Gasteiger partial charge in [0.2, 0.25) is 5.95 Å². The topological polar surface area (TPSA) is 97.4 Å². The third-order valence-corrected chi connectivity index (χ3v) is 6.55. The van der Waals surface area contributed by atoms with Crippen molar-refractivity contribution < 1.29 is 23.0 Å². The molecule has 3 N–H and O–H groups in total. The molecule has 30 heavy (non-hydrogen) atoms. The van der Waals surface area contributed by atoms with E-state index in [1.54, 1.807) is 19.1 Å². The summed E-state index contributed by atoms with van der Waals surface area (Å²) in [4.78, 5) is 14.6. The molecule has 0 amide bonds. The lowest BCUT2D eigenvalue weighted by Gasteiger charge is -2.15. The number of aromatic nitrogens is 3. The van der Waals surface area contributed by atoms with E-state index in [2.05, 4.69) is 15.0 Å². The number of halogens is 3. The van der Waals surface area contributed by atoms with Gasteiger partial charge < -0.3 is 20.5 Å². The molecule has 12 heteroatoms. The number of thioether (sulfide) groups is 1. The van der Waals surface area contributed by atoms with Gasteiger partial charge in [-0.2, -0.15) is 13.2 Å². The summed E-state index contributed by atoms with van der Waals surface area (Å²) >= 11 is 2.46. The number of likely N-dealkylation sites (N-methyl/N-ethyl adjacent to an activating group) is 1. The second-order valence-electron chi connectivity index (χ2n) is 6.29. The fourth-order valence-corrected chi connectivity index (χ4v) is 4.97. The number of thiophene rings is 1. The Balaban J connectivity index is 2.05. The Labute approximate surface area is 179 Å². The number of methoxy groups -OCH3 is 1. The second kappa shape index (κ2) is 9.33. The highest BCUT2D eigenvalue weighted by Crippen LogP contribution is 2.46. The van der Waals surface area contributed by atoms with Crippen LogP contribution in [-0.2, 0) is 10.9 Å². The minimum Gasteiger partial charge on any atom is -0.397 e. The molecule has 0 unspecified atom stereocenters. The summed E-state index contributed by atoms with van der Waals surface area (Å²) in [5, 5.41) is 8.91. The van der Waals surface area contributed by atoms with Crippen LogP contribution in [0, 0.1) is 0 Å². The molecule has 0 aromatic carbocycles. The second-order valence-corrected chi connectivity index (χ2v) is 8.66. The minimum atomic E-state index is -4.60. The number of nitrogen functional groups attached to an aromatic ring is 1. The lowest BCUT2D eigenvalue weighted by molar-refractivity contribution is -0.136. The number of nitrogens with zero attached hydrogens (tertiary/aromatic N) is 4. The zero-order valence-electron chi connectivity index (χ0n) is 16.2. The molecule has 0 bridgehead atoms. The van der Waals surface area contributed by atoms with E-state index in [1.165, 1.54) is 24.2 Å². The highest BCUT2D eigenvalue weighted by molar-refractivity contribution is 8.01. The molecule has 0 atom stereocenters. The van der Waals surface area contributed by atoms with E-state index >= 15 is 0 Å². The molecule has 3 rings (SSSR count). The lowest BCUT2D eigenvalue weighted by Crippen LogP contribution is -2.23. The number of nitrogens with two attached hydrogens (primary N) is 1. The third-order valence-electron chi connectivity index (χ3n) is 4.20. The molecule has 0 saturated carbocycles. The fourth-order valence-electron chi connectivity index (χ4n) is 2.70. The van der Waals surface area contributed by atoms with Crippen LogP contribution in [0.15, 0.2) is 22.7 Å². The van der Waals surface area contributed by atoms with E-state index in [0.717, 1.165) is 17.4 Å². The first-order chi connectivity index (χ1) is 14.3. The number of fused-ring (bicyclic) bond motifs is 1. The average molecular weight is 460 g/mol. The number of hydrogen-bond donors (Lipinski definition) is 2. The Morgan fingerprint density at radius 2 is 2.00 bits per heavy atom. The van der Waals surface area contributed by atoms with Crippen LogP contribution in [0.4, 0.5) is 24.8 Å². The van der Waals surface area contributed by atoms with Gasteiger partial charge >= 0.3 is 6.18 Å². The zero-order valence-corrected chi connectivity index (χ0v) is 17.9. The summed E-state index contributed by atoms with van der Waals surface area (Å²) in [7, 11) is 3.26. The fraction of sp³-hybridized carbons (Fsp3) is 0.389. The molecule has 162 valence electrons. The Morgan fingerprint density at radius 3 is 2.60 bits per heavy atom. The number of ether oxygens (including phenoxy) is 1. The van der Waals surface area contributed by atoms with Gasteiger partial charge in [0.1, 0.15) is 4.83 Å². The van der Waals surface area contributed by atoms with Crippen molar-refractivity contribution in [3.8, 4) is 11.3 Å². The summed E-state index contributed by atoms with van der Waals surface area (Å²) in [6, 6.07) is 0.977. The van der Waals surface area contributed by atoms with Crippen molar-refractivity contribution in [3.05, 3.63) is 24.0 Å². The number of anilines is 2. The number of rotatable bonds is 8. The van der Waals surface area contributed by atoms with Gasteiger partial charge in [-0.25, -0.2) is 15.0 Å². The first-order valence-electron chi connectivity index (χ1n) is 8.82. The Bertz CT molecular complexity index is 1010. The monoisotopic (exact) mass is 459 g/mol. The predicted molar refractivity (Wildman–Crippen MR) is 113 cm³/mol. The van der Waals surface area contributed by atoms with Gasteiger partial charge in [0, 0.05) is 49.8 Å². The van der Waals surface area contributed by atoms with Crippen LogP contribution in [0.1, 0.15) is 5.56 Å². The highest BCUT2D eigenvalue weighted by Gasteiger charge is 2.35. The summed E-state index contributed by atoms with van der Waals surface area (Å²) < 4.78 is 47.0. The van der Waals surface area contributed by atoms with Crippen LogP contribution in [0.25, 0.3) is 21.5 Å². The molecule has 0 saturated heterocycles. The van der Waals surface area contributed by atoms with E-state index in [9.17, 15) is 13.2 Å². The highest BCUT2D eigenvalue weighted by atomic mass is 32.2. The molecular weight excluding hydrogens is 439 g/mol. The van der Waals surface area contributed by atoms with E-state index in [4.69, 9.17) is 15.6 Å². The van der Waals surface area contributed by atoms with Crippen molar-refractivity contribution in [2.45, 2.75) is 10.4 Å². The number of aliphatic hydroxyl groups is 1. The number of hydrogen-bond acceptors (Lipinski definition) is 9. The molecule has 0 fully saturated rings. The Morgan fingerprint density at radius 1 is 1.30 bits per heavy atom. The predicted octanol–water partition coefficient (Wildman–Crippen LogP) is 3.52. The summed E-state index contributed by atoms with van der Waals surface area (Å²) in [5.74, 6) is 0.917. The van der Waals surface area contributed by atoms with E-state index in [1.807, 2.05) is 0 Å². The molecule has 0 aliphatic carbocycles. The van der Waals surface area contributed by atoms with Gasteiger partial charge in [0.05, 0.1) is 34.4 Å². The largest absolute Gasteiger partial charge is 0.417 e. The molecule has 7 nitrogen and oxygen atoms in total. The van der Waals surface area contributed by atoms with Crippen LogP contribution in [0.2, 0.25) is 0 Å². The number of pyridine rings is 1. The van der Waals surface area contributed by atoms with Gasteiger partial charge in [-0.05, 0) is 6.07 Å². The maximum atomic E-state index is 13.8. The molecule has 3 heterocycles. The van der Waals surface area contributed by atoms with Crippen molar-refractivity contribution in [2.24, 2.45) is 0 Å². The van der Waals surface area contributed by atoms with E-state index in [0.29, 0.717) is 34.6 Å².